The number of carbonyl (C=O) groups is 1. The number of ether oxygens (including phenoxy) is 1. The summed E-state index contributed by atoms with van der Waals surface area (Å²) >= 11 is 0. The van der Waals surface area contributed by atoms with Gasteiger partial charge in [0.05, 0.1) is 12.3 Å². The molecule has 29 heavy (non-hydrogen) atoms. The number of aromatic nitrogens is 1. The Kier molecular flexibility index (Phi) is 7.48. The third kappa shape index (κ3) is 5.48. The molecule has 0 aliphatic rings. The number of carbonyl (C=O) groups excluding carboxylic acids is 1. The van der Waals surface area contributed by atoms with Crippen molar-refractivity contribution in [3.8, 4) is 5.75 Å². The topological polar surface area (TPSA) is 42.7 Å². The zero-order valence-corrected chi connectivity index (χ0v) is 17.8. The standard InChI is InChI=1S/C25H32N2O2/c1-4-5-9-21-18-22-10-6-7-16-27(22)24(21)25(28)20-11-13-23(14-12-20)29-17-8-15-26-19(2)3/h6-7,10-14,16,18-19,26H,4-5,8-9,15,17H2,1-3H3. The number of nitrogens with zero attached hydrogens (tertiary/aromatic N) is 1. The monoisotopic (exact) mass is 392 g/mol. The van der Waals surface area contributed by atoms with Crippen LogP contribution >= 0.6 is 0 Å². The van der Waals surface area contributed by atoms with Crippen molar-refractivity contribution >= 4 is 11.3 Å². The van der Waals surface area contributed by atoms with Gasteiger partial charge in [0.1, 0.15) is 5.75 Å². The highest BCUT2D eigenvalue weighted by molar-refractivity contribution is 6.09. The smallest absolute Gasteiger partial charge is 0.210 e. The summed E-state index contributed by atoms with van der Waals surface area (Å²) in [4.78, 5) is 13.3. The highest BCUT2D eigenvalue weighted by Crippen LogP contribution is 2.23. The number of nitrogens with one attached hydrogen (secondary N) is 1. The number of rotatable bonds is 11. The van der Waals surface area contributed by atoms with Crippen molar-refractivity contribution < 1.29 is 9.53 Å². The van der Waals surface area contributed by atoms with E-state index in [0.29, 0.717) is 18.2 Å². The van der Waals surface area contributed by atoms with Crippen molar-refractivity contribution in [1.82, 2.24) is 9.72 Å². The maximum atomic E-state index is 13.3. The van der Waals surface area contributed by atoms with Gasteiger partial charge < -0.3 is 14.5 Å². The second-order valence-electron chi connectivity index (χ2n) is 7.78. The molecule has 0 aliphatic carbocycles. The van der Waals surface area contributed by atoms with Gasteiger partial charge in [0.2, 0.25) is 5.78 Å². The van der Waals surface area contributed by atoms with Crippen LogP contribution in [0.1, 0.15) is 61.6 Å². The van der Waals surface area contributed by atoms with Crippen LogP contribution in [0.25, 0.3) is 5.52 Å². The van der Waals surface area contributed by atoms with Gasteiger partial charge in [-0.1, -0.05) is 33.3 Å². The number of pyridine rings is 1. The van der Waals surface area contributed by atoms with Crippen LogP contribution in [0.3, 0.4) is 0 Å². The Morgan fingerprint density at radius 1 is 1.10 bits per heavy atom. The van der Waals surface area contributed by atoms with E-state index in [0.717, 1.165) is 54.8 Å². The third-order valence-electron chi connectivity index (χ3n) is 5.03. The lowest BCUT2D eigenvalue weighted by molar-refractivity contribution is 0.103. The van der Waals surface area contributed by atoms with Gasteiger partial charge in [-0.05, 0) is 73.8 Å². The Morgan fingerprint density at radius 3 is 2.62 bits per heavy atom. The molecule has 2 aromatic heterocycles. The van der Waals surface area contributed by atoms with E-state index in [4.69, 9.17) is 4.74 Å². The van der Waals surface area contributed by atoms with Gasteiger partial charge in [-0.15, -0.1) is 0 Å². The molecule has 0 aliphatic heterocycles. The van der Waals surface area contributed by atoms with Crippen LogP contribution in [0.2, 0.25) is 0 Å². The normalized spacial score (nSPS) is 11.3. The number of ketones is 1. The molecule has 0 spiro atoms. The van der Waals surface area contributed by atoms with Crippen molar-refractivity contribution in [3.05, 3.63) is 71.5 Å². The molecule has 0 unspecified atom stereocenters. The predicted octanol–water partition coefficient (Wildman–Crippen LogP) is 5.28. The molecule has 0 fully saturated rings. The van der Waals surface area contributed by atoms with Gasteiger partial charge in [0.15, 0.2) is 0 Å². The Labute approximate surface area is 173 Å². The third-order valence-corrected chi connectivity index (χ3v) is 5.03. The molecule has 3 rings (SSSR count). The Hall–Kier alpha value is -2.59. The SMILES string of the molecule is CCCCc1cc2ccccn2c1C(=O)c1ccc(OCCCNC(C)C)cc1. The minimum atomic E-state index is 0.0648. The number of hydrogen-bond acceptors (Lipinski definition) is 3. The van der Waals surface area contributed by atoms with E-state index >= 15 is 0 Å². The molecule has 1 aromatic carbocycles. The summed E-state index contributed by atoms with van der Waals surface area (Å²) in [5, 5.41) is 3.38. The van der Waals surface area contributed by atoms with Gasteiger partial charge >= 0.3 is 0 Å². The highest BCUT2D eigenvalue weighted by atomic mass is 16.5. The van der Waals surface area contributed by atoms with Crippen LogP contribution in [0.5, 0.6) is 5.75 Å². The highest BCUT2D eigenvalue weighted by Gasteiger charge is 2.18. The van der Waals surface area contributed by atoms with E-state index in [2.05, 4.69) is 38.2 Å². The van der Waals surface area contributed by atoms with Crippen LogP contribution in [-0.4, -0.2) is 29.4 Å². The first-order valence-corrected chi connectivity index (χ1v) is 10.7. The van der Waals surface area contributed by atoms with E-state index in [9.17, 15) is 4.79 Å². The Morgan fingerprint density at radius 2 is 1.90 bits per heavy atom. The minimum Gasteiger partial charge on any atom is -0.494 e. The first-order valence-electron chi connectivity index (χ1n) is 10.7. The van der Waals surface area contributed by atoms with Crippen molar-refractivity contribution in [1.29, 1.82) is 0 Å². The summed E-state index contributed by atoms with van der Waals surface area (Å²) in [7, 11) is 0. The molecule has 0 bridgehead atoms. The van der Waals surface area contributed by atoms with E-state index in [-0.39, 0.29) is 5.78 Å². The van der Waals surface area contributed by atoms with Crippen molar-refractivity contribution in [2.24, 2.45) is 0 Å². The second kappa shape index (κ2) is 10.3. The molecule has 2 heterocycles. The molecule has 0 amide bonds. The molecular weight excluding hydrogens is 360 g/mol. The van der Waals surface area contributed by atoms with Crippen LogP contribution in [-0.2, 0) is 6.42 Å². The van der Waals surface area contributed by atoms with Gasteiger partial charge in [-0.2, -0.15) is 0 Å². The van der Waals surface area contributed by atoms with Crippen LogP contribution in [0, 0.1) is 0 Å². The molecule has 0 saturated heterocycles. The van der Waals surface area contributed by atoms with Crippen molar-refractivity contribution in [2.75, 3.05) is 13.2 Å². The molecule has 1 N–H and O–H groups in total. The first kappa shape index (κ1) is 21.1. The lowest BCUT2D eigenvalue weighted by Gasteiger charge is -2.10. The summed E-state index contributed by atoms with van der Waals surface area (Å²) in [6.07, 6.45) is 6.04. The number of hydrogen-bond donors (Lipinski definition) is 1. The lowest BCUT2D eigenvalue weighted by Crippen LogP contribution is -2.24. The summed E-state index contributed by atoms with van der Waals surface area (Å²) in [5.74, 6) is 0.868. The fraction of sp³-hybridized carbons (Fsp3) is 0.400. The average Bonchev–Trinajstić information content (AvgIpc) is 3.10. The van der Waals surface area contributed by atoms with Gasteiger partial charge in [0, 0.05) is 23.3 Å². The predicted molar refractivity (Wildman–Crippen MR) is 119 cm³/mol. The molecular formula is C25H32N2O2. The summed E-state index contributed by atoms with van der Waals surface area (Å²) in [6.45, 7) is 8.06. The molecule has 3 aromatic rings. The van der Waals surface area contributed by atoms with E-state index in [1.54, 1.807) is 0 Å². The van der Waals surface area contributed by atoms with Crippen molar-refractivity contribution in [2.45, 2.75) is 52.5 Å². The minimum absolute atomic E-state index is 0.0648. The Bertz CT molecular complexity index is 926. The van der Waals surface area contributed by atoms with Gasteiger partial charge in [-0.25, -0.2) is 0 Å². The number of unbranched alkanes of at least 4 members (excludes halogenated alkanes) is 1. The maximum Gasteiger partial charge on any atom is 0.210 e. The fourth-order valence-corrected chi connectivity index (χ4v) is 3.48. The number of benzene rings is 1. The lowest BCUT2D eigenvalue weighted by atomic mass is 10.0. The van der Waals surface area contributed by atoms with Gasteiger partial charge in [0.25, 0.3) is 0 Å². The molecule has 0 atom stereocenters. The zero-order valence-electron chi connectivity index (χ0n) is 17.8. The Balaban J connectivity index is 1.72. The van der Waals surface area contributed by atoms with Crippen molar-refractivity contribution in [3.63, 3.8) is 0 Å². The molecule has 154 valence electrons. The molecule has 4 nitrogen and oxygen atoms in total. The number of aryl methyl sites for hydroxylation is 1. The summed E-state index contributed by atoms with van der Waals surface area (Å²) in [5.41, 5.74) is 3.67. The number of fused-ring (bicyclic) bond motifs is 1. The molecule has 0 radical (unpaired) electrons. The van der Waals surface area contributed by atoms with Gasteiger partial charge in [-0.3, -0.25) is 4.79 Å². The molecule has 0 saturated carbocycles. The van der Waals surface area contributed by atoms with Crippen LogP contribution in [0.15, 0.2) is 54.7 Å². The van der Waals surface area contributed by atoms with E-state index in [1.807, 2.05) is 47.0 Å². The van der Waals surface area contributed by atoms with Crippen LogP contribution < -0.4 is 10.1 Å². The second-order valence-corrected chi connectivity index (χ2v) is 7.78. The maximum absolute atomic E-state index is 13.3. The largest absolute Gasteiger partial charge is 0.494 e. The van der Waals surface area contributed by atoms with E-state index < -0.39 is 0 Å². The zero-order chi connectivity index (χ0) is 20.6. The first-order chi connectivity index (χ1) is 14.1. The quantitative estimate of drug-likeness (QED) is 0.357. The van der Waals surface area contributed by atoms with E-state index in [1.165, 1.54) is 0 Å². The summed E-state index contributed by atoms with van der Waals surface area (Å²) < 4.78 is 7.82. The average molecular weight is 393 g/mol. The molecule has 4 heteroatoms. The fourth-order valence-electron chi connectivity index (χ4n) is 3.48. The summed E-state index contributed by atoms with van der Waals surface area (Å²) in [6, 6.07) is 16.2. The van der Waals surface area contributed by atoms with Crippen LogP contribution in [0.4, 0.5) is 0 Å².